The Morgan fingerprint density at radius 1 is 1.28 bits per heavy atom. The lowest BCUT2D eigenvalue weighted by Gasteiger charge is -2.09. The van der Waals surface area contributed by atoms with Gasteiger partial charge in [0.25, 0.3) is 5.91 Å². The van der Waals surface area contributed by atoms with Crippen molar-refractivity contribution in [2.75, 3.05) is 13.7 Å². The van der Waals surface area contributed by atoms with Crippen molar-refractivity contribution >= 4 is 28.7 Å². The van der Waals surface area contributed by atoms with E-state index in [9.17, 15) is 9.59 Å². The molecule has 0 aliphatic carbocycles. The first-order valence-electron chi connectivity index (χ1n) is 9.01. The summed E-state index contributed by atoms with van der Waals surface area (Å²) in [4.78, 5) is 23.8. The molecule has 0 saturated carbocycles. The predicted molar refractivity (Wildman–Crippen MR) is 108 cm³/mol. The molecule has 0 saturated heterocycles. The van der Waals surface area contributed by atoms with E-state index in [1.807, 2.05) is 36.0 Å². The lowest BCUT2D eigenvalue weighted by atomic mass is 10.1. The molecule has 1 aliphatic heterocycles. The normalized spacial score (nSPS) is 14.2. The number of hydrogen-bond acceptors (Lipinski definition) is 5. The third kappa shape index (κ3) is 3.20. The van der Waals surface area contributed by atoms with Gasteiger partial charge in [0.15, 0.2) is 12.4 Å². The highest BCUT2D eigenvalue weighted by atomic mass is 16.5. The highest BCUT2D eigenvalue weighted by molar-refractivity contribution is 6.15. The molecule has 29 heavy (non-hydrogen) atoms. The summed E-state index contributed by atoms with van der Waals surface area (Å²) < 4.78 is 18.6. The maximum absolute atomic E-state index is 12.9. The standard InChI is InChI=1S/C22H20N2O5/c1-12-18(28-11-20(23)25)7-5-15-21(26)19(29-22(12)15)8-13-10-24(2)17-6-4-14(27-3)9-16(13)17/h4-10H,11H2,1-3H3,(H2,23,25). The average Bonchev–Trinajstić information content (AvgIpc) is 3.19. The molecule has 7 nitrogen and oxygen atoms in total. The largest absolute Gasteiger partial charge is 0.497 e. The van der Waals surface area contributed by atoms with E-state index in [1.165, 1.54) is 0 Å². The summed E-state index contributed by atoms with van der Waals surface area (Å²) in [6.45, 7) is 1.53. The molecular weight excluding hydrogens is 372 g/mol. The van der Waals surface area contributed by atoms with Gasteiger partial charge in [0.1, 0.15) is 17.2 Å². The number of primary amides is 1. The maximum atomic E-state index is 12.9. The molecule has 2 heterocycles. The zero-order valence-electron chi connectivity index (χ0n) is 16.3. The van der Waals surface area contributed by atoms with Crippen molar-refractivity contribution in [3.63, 3.8) is 0 Å². The van der Waals surface area contributed by atoms with Crippen molar-refractivity contribution in [3.8, 4) is 17.2 Å². The number of aryl methyl sites for hydroxylation is 1. The summed E-state index contributed by atoms with van der Waals surface area (Å²) in [6, 6.07) is 9.06. The molecule has 148 valence electrons. The van der Waals surface area contributed by atoms with Gasteiger partial charge in [-0.05, 0) is 43.3 Å². The number of carbonyl (C=O) groups excluding carboxylic acids is 2. The number of methoxy groups -OCH3 is 1. The van der Waals surface area contributed by atoms with Gasteiger partial charge in [-0.2, -0.15) is 0 Å². The summed E-state index contributed by atoms with van der Waals surface area (Å²) in [5.41, 5.74) is 8.09. The lowest BCUT2D eigenvalue weighted by molar-refractivity contribution is -0.119. The van der Waals surface area contributed by atoms with Gasteiger partial charge < -0.3 is 24.5 Å². The van der Waals surface area contributed by atoms with Crippen LogP contribution in [0.2, 0.25) is 0 Å². The number of nitrogens with zero attached hydrogens (tertiary/aromatic N) is 1. The summed E-state index contributed by atoms with van der Waals surface area (Å²) in [7, 11) is 3.55. The first kappa shape index (κ1) is 18.6. The Labute approximate surface area is 167 Å². The minimum Gasteiger partial charge on any atom is -0.497 e. The second-order valence-electron chi connectivity index (χ2n) is 6.84. The molecule has 0 atom stereocenters. The summed E-state index contributed by atoms with van der Waals surface area (Å²) in [5.74, 6) is 1.06. The van der Waals surface area contributed by atoms with Gasteiger partial charge in [-0.25, -0.2) is 0 Å². The van der Waals surface area contributed by atoms with Crippen LogP contribution in [0.3, 0.4) is 0 Å². The van der Waals surface area contributed by atoms with Crippen LogP contribution in [-0.4, -0.2) is 30.0 Å². The highest BCUT2D eigenvalue weighted by Crippen LogP contribution is 2.39. The van der Waals surface area contributed by atoms with Crippen LogP contribution in [0.25, 0.3) is 17.0 Å². The van der Waals surface area contributed by atoms with Crippen LogP contribution in [0.1, 0.15) is 21.5 Å². The molecule has 0 unspecified atom stereocenters. The van der Waals surface area contributed by atoms with E-state index in [0.717, 1.165) is 22.2 Å². The van der Waals surface area contributed by atoms with E-state index in [0.29, 0.717) is 22.6 Å². The quantitative estimate of drug-likeness (QED) is 0.674. The topological polar surface area (TPSA) is 92.8 Å². The molecule has 1 amide bonds. The van der Waals surface area contributed by atoms with Crippen LogP contribution in [0.5, 0.6) is 17.2 Å². The molecule has 0 radical (unpaired) electrons. The first-order valence-corrected chi connectivity index (χ1v) is 9.01. The van der Waals surface area contributed by atoms with E-state index < -0.39 is 5.91 Å². The van der Waals surface area contributed by atoms with Gasteiger partial charge >= 0.3 is 0 Å². The Bertz CT molecular complexity index is 1190. The Hall–Kier alpha value is -3.74. The zero-order chi connectivity index (χ0) is 20.7. The number of ketones is 1. The number of nitrogens with two attached hydrogens (primary N) is 1. The number of Topliss-reactive ketones (excluding diaryl/α,β-unsaturated/α-hetero) is 1. The van der Waals surface area contributed by atoms with Gasteiger partial charge in [0.2, 0.25) is 5.78 Å². The maximum Gasteiger partial charge on any atom is 0.255 e. The highest BCUT2D eigenvalue weighted by Gasteiger charge is 2.30. The number of hydrogen-bond donors (Lipinski definition) is 1. The lowest BCUT2D eigenvalue weighted by Crippen LogP contribution is -2.20. The van der Waals surface area contributed by atoms with Crippen molar-refractivity contribution in [1.82, 2.24) is 4.57 Å². The Kier molecular flexibility index (Phi) is 4.50. The summed E-state index contributed by atoms with van der Waals surface area (Å²) in [5, 5.41) is 0.953. The van der Waals surface area contributed by atoms with E-state index in [1.54, 1.807) is 32.2 Å². The molecule has 2 aromatic carbocycles. The first-order chi connectivity index (χ1) is 13.9. The molecule has 3 aromatic rings. The van der Waals surface area contributed by atoms with Crippen LogP contribution in [0.4, 0.5) is 0 Å². The molecule has 0 bridgehead atoms. The van der Waals surface area contributed by atoms with Gasteiger partial charge in [0, 0.05) is 35.3 Å². The number of rotatable bonds is 5. The molecule has 2 N–H and O–H groups in total. The number of benzene rings is 2. The number of aromatic nitrogens is 1. The molecule has 1 aromatic heterocycles. The molecule has 0 fully saturated rings. The van der Waals surface area contributed by atoms with Crippen LogP contribution < -0.4 is 19.9 Å². The second-order valence-corrected chi connectivity index (χ2v) is 6.84. The fourth-order valence-corrected chi connectivity index (χ4v) is 3.46. The van der Waals surface area contributed by atoms with Crippen LogP contribution in [0.15, 0.2) is 42.3 Å². The van der Waals surface area contributed by atoms with Crippen molar-refractivity contribution < 1.29 is 23.8 Å². The SMILES string of the molecule is COc1ccc2c(c1)c(C=C1Oc3c(ccc(OCC(N)=O)c3C)C1=O)cn2C. The molecular formula is C22H20N2O5. The molecule has 7 heteroatoms. The third-order valence-corrected chi connectivity index (χ3v) is 4.92. The fourth-order valence-electron chi connectivity index (χ4n) is 3.46. The van der Waals surface area contributed by atoms with Gasteiger partial charge in [-0.3, -0.25) is 9.59 Å². The second kappa shape index (κ2) is 7.01. The molecule has 1 aliphatic rings. The summed E-state index contributed by atoms with van der Waals surface area (Å²) >= 11 is 0. The van der Waals surface area contributed by atoms with E-state index in [4.69, 9.17) is 19.9 Å². The number of amides is 1. The minimum atomic E-state index is -0.575. The van der Waals surface area contributed by atoms with Crippen molar-refractivity contribution in [1.29, 1.82) is 0 Å². The fraction of sp³-hybridized carbons (Fsp3) is 0.182. The minimum absolute atomic E-state index is 0.204. The van der Waals surface area contributed by atoms with Gasteiger partial charge in [-0.15, -0.1) is 0 Å². The monoisotopic (exact) mass is 392 g/mol. The van der Waals surface area contributed by atoms with E-state index >= 15 is 0 Å². The third-order valence-electron chi connectivity index (χ3n) is 4.92. The molecule has 0 spiro atoms. The predicted octanol–water partition coefficient (Wildman–Crippen LogP) is 2.98. The van der Waals surface area contributed by atoms with Gasteiger partial charge in [0.05, 0.1) is 12.7 Å². The number of carbonyl (C=O) groups is 2. The Morgan fingerprint density at radius 2 is 2.07 bits per heavy atom. The average molecular weight is 392 g/mol. The Morgan fingerprint density at radius 3 is 2.79 bits per heavy atom. The summed E-state index contributed by atoms with van der Waals surface area (Å²) in [6.07, 6.45) is 3.67. The zero-order valence-corrected chi connectivity index (χ0v) is 16.3. The van der Waals surface area contributed by atoms with Crippen molar-refractivity contribution in [2.24, 2.45) is 12.8 Å². The van der Waals surface area contributed by atoms with Crippen LogP contribution in [-0.2, 0) is 11.8 Å². The van der Waals surface area contributed by atoms with E-state index in [-0.39, 0.29) is 18.1 Å². The van der Waals surface area contributed by atoms with Crippen molar-refractivity contribution in [3.05, 3.63) is 59.0 Å². The van der Waals surface area contributed by atoms with Crippen LogP contribution in [0, 0.1) is 6.92 Å². The number of fused-ring (bicyclic) bond motifs is 2. The smallest absolute Gasteiger partial charge is 0.255 e. The number of allylic oxidation sites excluding steroid dienone is 1. The van der Waals surface area contributed by atoms with Crippen molar-refractivity contribution in [2.45, 2.75) is 6.92 Å². The van der Waals surface area contributed by atoms with Crippen LogP contribution >= 0.6 is 0 Å². The number of ether oxygens (including phenoxy) is 3. The molecule has 4 rings (SSSR count). The Balaban J connectivity index is 1.72. The van der Waals surface area contributed by atoms with E-state index in [2.05, 4.69) is 0 Å². The van der Waals surface area contributed by atoms with Gasteiger partial charge in [-0.1, -0.05) is 0 Å².